The van der Waals surface area contributed by atoms with Crippen molar-refractivity contribution in [2.75, 3.05) is 6.61 Å². The normalized spacial score (nSPS) is 19.5. The van der Waals surface area contributed by atoms with E-state index in [-0.39, 0.29) is 6.04 Å². The fraction of sp³-hybridized carbons (Fsp3) is 0.211. The lowest BCUT2D eigenvalue weighted by molar-refractivity contribution is 0.0727. The minimum atomic E-state index is -0.563. The van der Waals surface area contributed by atoms with Gasteiger partial charge in [0.15, 0.2) is 0 Å². The molecule has 5 nitrogen and oxygen atoms in total. The van der Waals surface area contributed by atoms with Crippen LogP contribution < -0.4 is 10.1 Å². The monoisotopic (exact) mass is 321 g/mol. The van der Waals surface area contributed by atoms with Crippen molar-refractivity contribution in [3.05, 3.63) is 72.1 Å². The van der Waals surface area contributed by atoms with Gasteiger partial charge in [-0.25, -0.2) is 0 Å². The maximum Gasteiger partial charge on any atom is 0.125 e. The minimum absolute atomic E-state index is 0.127. The standard InChI is InChI=1S/C19H19N3O2/c23-19-16-6-1-2-7-18(16)24-12-17(19)20-9-13-4-3-5-14(8-13)15-10-21-22-11-15/h1-8,10-11,17,19-20,23H,9,12H2,(H,21,22). The molecule has 0 fully saturated rings. The van der Waals surface area contributed by atoms with Gasteiger partial charge in [0.25, 0.3) is 0 Å². The van der Waals surface area contributed by atoms with Crippen molar-refractivity contribution >= 4 is 0 Å². The van der Waals surface area contributed by atoms with Gasteiger partial charge in [-0.3, -0.25) is 5.10 Å². The maximum absolute atomic E-state index is 10.5. The van der Waals surface area contributed by atoms with Gasteiger partial charge in [-0.15, -0.1) is 0 Å². The largest absolute Gasteiger partial charge is 0.491 e. The Labute approximate surface area is 140 Å². The van der Waals surface area contributed by atoms with Crippen LogP contribution in [-0.2, 0) is 6.54 Å². The van der Waals surface area contributed by atoms with Crippen molar-refractivity contribution in [1.82, 2.24) is 15.5 Å². The fourth-order valence-corrected chi connectivity index (χ4v) is 3.03. The summed E-state index contributed by atoms with van der Waals surface area (Å²) >= 11 is 0. The molecule has 0 bridgehead atoms. The van der Waals surface area contributed by atoms with E-state index in [9.17, 15) is 5.11 Å². The first kappa shape index (κ1) is 14.9. The van der Waals surface area contributed by atoms with Crippen LogP contribution in [0.2, 0.25) is 0 Å². The predicted octanol–water partition coefficient (Wildman–Crippen LogP) is 2.66. The van der Waals surface area contributed by atoms with Gasteiger partial charge in [-0.05, 0) is 23.3 Å². The Balaban J connectivity index is 1.45. The number of aromatic amines is 1. The summed E-state index contributed by atoms with van der Waals surface area (Å²) in [6.45, 7) is 1.12. The van der Waals surface area contributed by atoms with Crippen molar-refractivity contribution < 1.29 is 9.84 Å². The Kier molecular flexibility index (Phi) is 4.02. The number of rotatable bonds is 4. The van der Waals surface area contributed by atoms with E-state index in [2.05, 4.69) is 33.7 Å². The zero-order valence-corrected chi connectivity index (χ0v) is 13.1. The molecule has 2 heterocycles. The molecule has 0 saturated heterocycles. The van der Waals surface area contributed by atoms with Crippen molar-refractivity contribution in [1.29, 1.82) is 0 Å². The van der Waals surface area contributed by atoms with E-state index in [4.69, 9.17) is 4.74 Å². The molecule has 122 valence electrons. The maximum atomic E-state index is 10.5. The molecule has 3 N–H and O–H groups in total. The summed E-state index contributed by atoms with van der Waals surface area (Å²) in [5.41, 5.74) is 4.17. The van der Waals surface area contributed by atoms with E-state index >= 15 is 0 Å². The molecule has 24 heavy (non-hydrogen) atoms. The number of H-pyrrole nitrogens is 1. The summed E-state index contributed by atoms with van der Waals surface area (Å²) in [6.07, 6.45) is 3.12. The van der Waals surface area contributed by atoms with E-state index in [0.717, 1.165) is 28.0 Å². The summed E-state index contributed by atoms with van der Waals surface area (Å²) in [5.74, 6) is 0.769. The van der Waals surface area contributed by atoms with Crippen LogP contribution in [0.5, 0.6) is 5.75 Å². The fourth-order valence-electron chi connectivity index (χ4n) is 3.03. The number of fused-ring (bicyclic) bond motifs is 1. The third-order valence-corrected chi connectivity index (χ3v) is 4.36. The average Bonchev–Trinajstić information content (AvgIpc) is 3.16. The third-order valence-electron chi connectivity index (χ3n) is 4.36. The number of aliphatic hydroxyl groups is 1. The average molecular weight is 321 g/mol. The van der Waals surface area contributed by atoms with Crippen LogP contribution >= 0.6 is 0 Å². The van der Waals surface area contributed by atoms with Crippen LogP contribution in [0.3, 0.4) is 0 Å². The molecule has 0 spiro atoms. The number of nitrogens with one attached hydrogen (secondary N) is 2. The summed E-state index contributed by atoms with van der Waals surface area (Å²) in [5, 5.41) is 20.8. The number of benzene rings is 2. The summed E-state index contributed by atoms with van der Waals surface area (Å²) in [4.78, 5) is 0. The SMILES string of the molecule is OC1c2ccccc2OCC1NCc1cccc(-c2cn[nH]c2)c1. The molecule has 2 aromatic carbocycles. The molecule has 4 rings (SSSR count). The number of ether oxygens (including phenoxy) is 1. The highest BCUT2D eigenvalue weighted by atomic mass is 16.5. The summed E-state index contributed by atoms with van der Waals surface area (Å²) in [6, 6.07) is 15.8. The molecule has 2 atom stereocenters. The van der Waals surface area contributed by atoms with Crippen molar-refractivity contribution in [2.24, 2.45) is 0 Å². The number of para-hydroxylation sites is 1. The van der Waals surface area contributed by atoms with E-state index in [1.165, 1.54) is 0 Å². The first-order valence-corrected chi connectivity index (χ1v) is 8.02. The van der Waals surface area contributed by atoms with E-state index in [0.29, 0.717) is 13.2 Å². The van der Waals surface area contributed by atoms with Crippen LogP contribution in [0.1, 0.15) is 17.2 Å². The summed E-state index contributed by atoms with van der Waals surface area (Å²) < 4.78 is 5.74. The lowest BCUT2D eigenvalue weighted by Crippen LogP contribution is -2.42. The van der Waals surface area contributed by atoms with Gasteiger partial charge >= 0.3 is 0 Å². The van der Waals surface area contributed by atoms with E-state index < -0.39 is 6.10 Å². The zero-order valence-electron chi connectivity index (χ0n) is 13.1. The van der Waals surface area contributed by atoms with Crippen LogP contribution in [0, 0.1) is 0 Å². The number of aliphatic hydroxyl groups excluding tert-OH is 1. The van der Waals surface area contributed by atoms with Crippen molar-refractivity contribution in [3.8, 4) is 16.9 Å². The highest BCUT2D eigenvalue weighted by Gasteiger charge is 2.28. The molecule has 0 aliphatic carbocycles. The summed E-state index contributed by atoms with van der Waals surface area (Å²) in [7, 11) is 0. The van der Waals surface area contributed by atoms with Gasteiger partial charge in [-0.1, -0.05) is 36.4 Å². The Morgan fingerprint density at radius 2 is 2.08 bits per heavy atom. The van der Waals surface area contributed by atoms with E-state index in [1.54, 1.807) is 0 Å². The second-order valence-corrected chi connectivity index (χ2v) is 5.97. The van der Waals surface area contributed by atoms with Crippen LogP contribution in [0.15, 0.2) is 60.9 Å². The minimum Gasteiger partial charge on any atom is -0.491 e. The second kappa shape index (κ2) is 6.47. The molecule has 1 aliphatic heterocycles. The molecule has 5 heteroatoms. The van der Waals surface area contributed by atoms with Crippen molar-refractivity contribution in [2.45, 2.75) is 18.7 Å². The molecule has 1 aromatic heterocycles. The predicted molar refractivity (Wildman–Crippen MR) is 91.5 cm³/mol. The second-order valence-electron chi connectivity index (χ2n) is 5.97. The Morgan fingerprint density at radius 3 is 2.96 bits per heavy atom. The number of hydrogen-bond acceptors (Lipinski definition) is 4. The Bertz CT molecular complexity index is 817. The molecular weight excluding hydrogens is 302 g/mol. The van der Waals surface area contributed by atoms with Gasteiger partial charge in [0, 0.05) is 23.9 Å². The first-order valence-electron chi connectivity index (χ1n) is 8.02. The smallest absolute Gasteiger partial charge is 0.125 e. The topological polar surface area (TPSA) is 70.2 Å². The molecule has 3 aromatic rings. The Morgan fingerprint density at radius 1 is 1.17 bits per heavy atom. The van der Waals surface area contributed by atoms with Crippen molar-refractivity contribution in [3.63, 3.8) is 0 Å². The van der Waals surface area contributed by atoms with Gasteiger partial charge in [-0.2, -0.15) is 5.10 Å². The van der Waals surface area contributed by atoms with Gasteiger partial charge in [0.1, 0.15) is 18.5 Å². The molecule has 0 saturated carbocycles. The number of nitrogens with zero attached hydrogens (tertiary/aromatic N) is 1. The molecular formula is C19H19N3O2. The highest BCUT2D eigenvalue weighted by Crippen LogP contribution is 2.31. The van der Waals surface area contributed by atoms with Gasteiger partial charge < -0.3 is 15.2 Å². The third kappa shape index (κ3) is 2.91. The van der Waals surface area contributed by atoms with Crippen LogP contribution in [-0.4, -0.2) is 28.0 Å². The highest BCUT2D eigenvalue weighted by molar-refractivity contribution is 5.62. The van der Waals surface area contributed by atoms with Gasteiger partial charge in [0.2, 0.25) is 0 Å². The van der Waals surface area contributed by atoms with E-state index in [1.807, 2.05) is 42.7 Å². The quantitative estimate of drug-likeness (QED) is 0.691. The molecule has 0 amide bonds. The van der Waals surface area contributed by atoms with Crippen LogP contribution in [0.4, 0.5) is 0 Å². The molecule has 1 aliphatic rings. The number of hydrogen-bond donors (Lipinski definition) is 3. The van der Waals surface area contributed by atoms with Crippen LogP contribution in [0.25, 0.3) is 11.1 Å². The molecule has 2 unspecified atom stereocenters. The number of aromatic nitrogens is 2. The zero-order chi connectivity index (χ0) is 16.4. The Hall–Kier alpha value is -2.63. The lowest BCUT2D eigenvalue weighted by Gasteiger charge is -2.31. The lowest BCUT2D eigenvalue weighted by atomic mass is 9.99. The van der Waals surface area contributed by atoms with Gasteiger partial charge in [0.05, 0.1) is 12.2 Å². The molecule has 0 radical (unpaired) electrons. The first-order chi connectivity index (χ1) is 11.8.